The quantitative estimate of drug-likeness (QED) is 0.862. The molecule has 1 aliphatic rings. The number of carbonyl (C=O) groups is 1. The van der Waals surface area contributed by atoms with Crippen molar-refractivity contribution in [2.24, 2.45) is 0 Å². The molecule has 1 fully saturated rings. The Bertz CT molecular complexity index is 323. The van der Waals surface area contributed by atoms with Gasteiger partial charge in [0.1, 0.15) is 0 Å². The summed E-state index contributed by atoms with van der Waals surface area (Å²) < 4.78 is 0. The highest BCUT2D eigenvalue weighted by Gasteiger charge is 2.13. The Morgan fingerprint density at radius 3 is 3.12 bits per heavy atom. The molecule has 5 heteroatoms. The first-order valence-electron chi connectivity index (χ1n) is 5.87. The number of amides is 1. The van der Waals surface area contributed by atoms with Crippen molar-refractivity contribution in [3.63, 3.8) is 0 Å². The van der Waals surface area contributed by atoms with E-state index in [9.17, 15) is 4.79 Å². The molecule has 2 rings (SSSR count). The van der Waals surface area contributed by atoms with E-state index in [1.54, 1.807) is 11.3 Å². The zero-order chi connectivity index (χ0) is 11.2. The van der Waals surface area contributed by atoms with E-state index < -0.39 is 0 Å². The topological polar surface area (TPSA) is 41.1 Å². The summed E-state index contributed by atoms with van der Waals surface area (Å²) in [5.41, 5.74) is 0. The summed E-state index contributed by atoms with van der Waals surface area (Å²) in [6, 6.07) is 4.60. The van der Waals surface area contributed by atoms with Crippen LogP contribution in [-0.4, -0.2) is 25.0 Å². The molecule has 1 amide bonds. The van der Waals surface area contributed by atoms with Gasteiger partial charge in [0.15, 0.2) is 0 Å². The lowest BCUT2D eigenvalue weighted by Gasteiger charge is -2.10. The smallest absolute Gasteiger partial charge is 0.225 e. The zero-order valence-electron chi connectivity index (χ0n) is 9.78. The van der Waals surface area contributed by atoms with Crippen molar-refractivity contribution < 1.29 is 4.79 Å². The van der Waals surface area contributed by atoms with E-state index in [0.29, 0.717) is 12.5 Å². The first-order valence-corrected chi connectivity index (χ1v) is 6.75. The molecule has 17 heavy (non-hydrogen) atoms. The van der Waals surface area contributed by atoms with Crippen LogP contribution in [0, 0.1) is 0 Å². The van der Waals surface area contributed by atoms with Gasteiger partial charge in [0, 0.05) is 17.5 Å². The largest absolute Gasteiger partial charge is 0.356 e. The van der Waals surface area contributed by atoms with Crippen molar-refractivity contribution in [2.75, 3.05) is 13.1 Å². The van der Waals surface area contributed by atoms with E-state index >= 15 is 0 Å². The van der Waals surface area contributed by atoms with Gasteiger partial charge in [0.05, 0.1) is 6.42 Å². The van der Waals surface area contributed by atoms with Crippen LogP contribution in [0.4, 0.5) is 0 Å². The molecule has 1 atom stereocenters. The second-order valence-corrected chi connectivity index (χ2v) is 5.22. The van der Waals surface area contributed by atoms with Crippen LogP contribution in [0.15, 0.2) is 17.5 Å². The van der Waals surface area contributed by atoms with Crippen LogP contribution in [0.2, 0.25) is 0 Å². The number of hydrogen-bond acceptors (Lipinski definition) is 3. The molecule has 0 aliphatic carbocycles. The number of rotatable bonds is 5. The molecule has 0 radical (unpaired) electrons. The third-order valence-corrected chi connectivity index (χ3v) is 3.77. The van der Waals surface area contributed by atoms with Crippen LogP contribution in [0.5, 0.6) is 0 Å². The number of thiophene rings is 1. The van der Waals surface area contributed by atoms with Gasteiger partial charge >= 0.3 is 0 Å². The second kappa shape index (κ2) is 7.69. The first kappa shape index (κ1) is 14.5. The highest BCUT2D eigenvalue weighted by Crippen LogP contribution is 2.09. The van der Waals surface area contributed by atoms with Gasteiger partial charge in [-0.2, -0.15) is 0 Å². The molecule has 0 bridgehead atoms. The van der Waals surface area contributed by atoms with Crippen molar-refractivity contribution in [3.8, 4) is 0 Å². The molecule has 0 unspecified atom stereocenters. The average molecular weight is 275 g/mol. The molecule has 2 N–H and O–H groups in total. The molecule has 2 heterocycles. The summed E-state index contributed by atoms with van der Waals surface area (Å²) in [5.74, 6) is 0.139. The van der Waals surface area contributed by atoms with E-state index in [1.807, 2.05) is 17.5 Å². The summed E-state index contributed by atoms with van der Waals surface area (Å²) >= 11 is 1.64. The predicted octanol–water partition coefficient (Wildman–Crippen LogP) is 1.97. The normalized spacial score (nSPS) is 18.7. The number of carbonyl (C=O) groups excluding carboxylic acids is 1. The van der Waals surface area contributed by atoms with Gasteiger partial charge in [0.2, 0.25) is 5.91 Å². The van der Waals surface area contributed by atoms with Gasteiger partial charge in [0.25, 0.3) is 0 Å². The number of nitrogens with one attached hydrogen (secondary N) is 2. The van der Waals surface area contributed by atoms with E-state index in [1.165, 1.54) is 12.8 Å². The molecule has 1 saturated heterocycles. The molecule has 0 aromatic carbocycles. The summed E-state index contributed by atoms with van der Waals surface area (Å²) in [7, 11) is 0. The van der Waals surface area contributed by atoms with Gasteiger partial charge in [-0.05, 0) is 37.3 Å². The third-order valence-electron chi connectivity index (χ3n) is 2.89. The van der Waals surface area contributed by atoms with Crippen LogP contribution in [0.3, 0.4) is 0 Å². The maximum absolute atomic E-state index is 11.6. The monoisotopic (exact) mass is 274 g/mol. The molecular weight excluding hydrogens is 256 g/mol. The molecule has 1 aromatic rings. The van der Waals surface area contributed by atoms with E-state index in [2.05, 4.69) is 10.6 Å². The minimum absolute atomic E-state index is 0. The minimum atomic E-state index is 0. The second-order valence-electron chi connectivity index (χ2n) is 4.19. The fourth-order valence-corrected chi connectivity index (χ4v) is 2.73. The standard InChI is InChI=1S/C12H18N2OS.ClH/c15-12(9-11-4-2-8-16-11)14-7-5-10-3-1-6-13-10;/h2,4,8,10,13H,1,3,5-7,9H2,(H,14,15);1H/t10-;/m1./s1. The Labute approximate surface area is 112 Å². The third kappa shape index (κ3) is 5.06. The number of hydrogen-bond donors (Lipinski definition) is 2. The van der Waals surface area contributed by atoms with Crippen LogP contribution in [0.25, 0.3) is 0 Å². The van der Waals surface area contributed by atoms with Crippen molar-refractivity contribution in [3.05, 3.63) is 22.4 Å². The Kier molecular flexibility index (Phi) is 6.55. The van der Waals surface area contributed by atoms with Gasteiger partial charge in [-0.25, -0.2) is 0 Å². The van der Waals surface area contributed by atoms with Crippen molar-refractivity contribution >= 4 is 29.7 Å². The van der Waals surface area contributed by atoms with Gasteiger partial charge in [-0.1, -0.05) is 6.07 Å². The van der Waals surface area contributed by atoms with Crippen molar-refractivity contribution in [2.45, 2.75) is 31.7 Å². The average Bonchev–Trinajstić information content (AvgIpc) is 2.90. The SMILES string of the molecule is Cl.O=C(Cc1cccs1)NCC[C@H]1CCCN1. The highest BCUT2D eigenvalue weighted by molar-refractivity contribution is 7.10. The van der Waals surface area contributed by atoms with Crippen molar-refractivity contribution in [1.82, 2.24) is 10.6 Å². The summed E-state index contributed by atoms with van der Waals surface area (Å²) in [6.07, 6.45) is 4.10. The summed E-state index contributed by atoms with van der Waals surface area (Å²) in [4.78, 5) is 12.7. The van der Waals surface area contributed by atoms with E-state index in [0.717, 1.165) is 24.4 Å². The Morgan fingerprint density at radius 2 is 2.47 bits per heavy atom. The maximum atomic E-state index is 11.6. The van der Waals surface area contributed by atoms with Gasteiger partial charge in [-0.3, -0.25) is 4.79 Å². The van der Waals surface area contributed by atoms with Gasteiger partial charge < -0.3 is 10.6 Å². The first-order chi connectivity index (χ1) is 7.84. The fraction of sp³-hybridized carbons (Fsp3) is 0.583. The Balaban J connectivity index is 0.00000144. The van der Waals surface area contributed by atoms with Crippen LogP contribution in [-0.2, 0) is 11.2 Å². The Morgan fingerprint density at radius 1 is 1.59 bits per heavy atom. The summed E-state index contributed by atoms with van der Waals surface area (Å²) in [6.45, 7) is 1.93. The molecule has 0 spiro atoms. The van der Waals surface area contributed by atoms with Crippen LogP contribution >= 0.6 is 23.7 Å². The number of halogens is 1. The predicted molar refractivity (Wildman–Crippen MR) is 73.9 cm³/mol. The minimum Gasteiger partial charge on any atom is -0.356 e. The molecule has 96 valence electrons. The van der Waals surface area contributed by atoms with Crippen molar-refractivity contribution in [1.29, 1.82) is 0 Å². The van der Waals surface area contributed by atoms with E-state index in [4.69, 9.17) is 0 Å². The molecule has 3 nitrogen and oxygen atoms in total. The van der Waals surface area contributed by atoms with Crippen LogP contribution in [0.1, 0.15) is 24.1 Å². The Hall–Kier alpha value is -0.580. The maximum Gasteiger partial charge on any atom is 0.225 e. The highest BCUT2D eigenvalue weighted by atomic mass is 35.5. The lowest BCUT2D eigenvalue weighted by atomic mass is 10.1. The van der Waals surface area contributed by atoms with Gasteiger partial charge in [-0.15, -0.1) is 23.7 Å². The lowest BCUT2D eigenvalue weighted by molar-refractivity contribution is -0.120. The van der Waals surface area contributed by atoms with E-state index in [-0.39, 0.29) is 18.3 Å². The molecule has 1 aliphatic heterocycles. The molecular formula is C12H19ClN2OS. The molecule has 1 aromatic heterocycles. The fourth-order valence-electron chi connectivity index (χ4n) is 2.02. The zero-order valence-corrected chi connectivity index (χ0v) is 11.4. The van der Waals surface area contributed by atoms with Crippen LogP contribution < -0.4 is 10.6 Å². The molecule has 0 saturated carbocycles. The summed E-state index contributed by atoms with van der Waals surface area (Å²) in [5, 5.41) is 8.41. The lowest BCUT2D eigenvalue weighted by Crippen LogP contribution is -2.31.